The summed E-state index contributed by atoms with van der Waals surface area (Å²) < 4.78 is 8.92. The van der Waals surface area contributed by atoms with Gasteiger partial charge in [0.05, 0.1) is 41.1 Å². The number of likely N-dealkylation sites (tertiary alicyclic amines) is 1. The molecule has 2 aliphatic rings. The number of benzene rings is 1. The third-order valence-electron chi connectivity index (χ3n) is 6.67. The maximum atomic E-state index is 12.3. The highest BCUT2D eigenvalue weighted by atomic mass is 35.5. The highest BCUT2D eigenvalue weighted by Gasteiger charge is 2.37. The van der Waals surface area contributed by atoms with Gasteiger partial charge in [-0.15, -0.1) is 0 Å². The van der Waals surface area contributed by atoms with Crippen molar-refractivity contribution in [2.24, 2.45) is 5.73 Å². The fraction of sp³-hybridized carbons (Fsp3) is 0.360. The number of carbonyl (C=O) groups is 2. The van der Waals surface area contributed by atoms with Crippen LogP contribution in [0.4, 0.5) is 5.82 Å². The average Bonchev–Trinajstić information content (AvgIpc) is 3.34. The van der Waals surface area contributed by atoms with Crippen LogP contribution in [0.1, 0.15) is 53.0 Å². The van der Waals surface area contributed by atoms with Crippen LogP contribution in [0.5, 0.6) is 0 Å². The number of primary amides is 1. The lowest BCUT2D eigenvalue weighted by Gasteiger charge is -2.22. The molecule has 0 radical (unpaired) electrons. The van der Waals surface area contributed by atoms with E-state index in [2.05, 4.69) is 33.1 Å². The van der Waals surface area contributed by atoms with Crippen LogP contribution in [0.25, 0.3) is 11.0 Å². The van der Waals surface area contributed by atoms with E-state index in [1.54, 1.807) is 12.0 Å². The number of halogens is 1. The van der Waals surface area contributed by atoms with Gasteiger partial charge in [-0.3, -0.25) is 9.59 Å². The summed E-state index contributed by atoms with van der Waals surface area (Å²) in [6.07, 6.45) is 5.89. The van der Waals surface area contributed by atoms with E-state index in [0.717, 1.165) is 23.9 Å². The summed E-state index contributed by atoms with van der Waals surface area (Å²) in [5.74, 6) is 5.07. The van der Waals surface area contributed by atoms with Gasteiger partial charge in [0.2, 0.25) is 5.91 Å². The first kappa shape index (κ1) is 23.9. The fourth-order valence-corrected chi connectivity index (χ4v) is 4.98. The van der Waals surface area contributed by atoms with Gasteiger partial charge >= 0.3 is 0 Å². The Morgan fingerprint density at radius 1 is 1.31 bits per heavy atom. The Morgan fingerprint density at radius 3 is 2.75 bits per heavy atom. The number of nitrogens with two attached hydrogens (primary N) is 2. The van der Waals surface area contributed by atoms with E-state index in [9.17, 15) is 9.59 Å². The standard InChI is InChI=1S/C25H26ClN7O3/c1-3-22(34)31-11-16(9-17(31)12-36-2)33-24(27)23(25(28)35)19(30-33)7-4-14-8-20-21(10-18(14)26)32(13-29-20)15-5-6-15/h3,8,10,13,15-17H,1,5-6,9,11-12,27H2,2H3,(H2,28,35)/t16-,17+/m0/s1. The molecule has 2 amide bonds. The summed E-state index contributed by atoms with van der Waals surface area (Å²) in [4.78, 5) is 30.7. The molecule has 0 unspecified atom stereocenters. The molecule has 0 bridgehead atoms. The molecule has 3 heterocycles. The molecule has 36 heavy (non-hydrogen) atoms. The monoisotopic (exact) mass is 507 g/mol. The highest BCUT2D eigenvalue weighted by molar-refractivity contribution is 6.32. The van der Waals surface area contributed by atoms with Crippen molar-refractivity contribution in [1.29, 1.82) is 0 Å². The van der Waals surface area contributed by atoms with Crippen molar-refractivity contribution in [1.82, 2.24) is 24.2 Å². The summed E-state index contributed by atoms with van der Waals surface area (Å²) in [6.45, 7) is 4.26. The Labute approximate surface area is 212 Å². The van der Waals surface area contributed by atoms with E-state index in [0.29, 0.717) is 36.2 Å². The van der Waals surface area contributed by atoms with Crippen molar-refractivity contribution in [2.45, 2.75) is 37.4 Å². The second-order valence-corrected chi connectivity index (χ2v) is 9.47. The molecule has 1 saturated heterocycles. The Hall–Kier alpha value is -3.81. The maximum Gasteiger partial charge on any atom is 0.255 e. The lowest BCUT2D eigenvalue weighted by Crippen LogP contribution is -2.37. The Morgan fingerprint density at radius 2 is 2.08 bits per heavy atom. The number of methoxy groups -OCH3 is 1. The first-order valence-corrected chi connectivity index (χ1v) is 12.0. The van der Waals surface area contributed by atoms with Gasteiger partial charge in [0, 0.05) is 25.3 Å². The number of nitrogens with zero attached hydrogens (tertiary/aromatic N) is 5. The largest absolute Gasteiger partial charge is 0.383 e. The summed E-state index contributed by atoms with van der Waals surface area (Å²) in [5, 5.41) is 4.99. The molecular formula is C25H26ClN7O3. The molecule has 1 saturated carbocycles. The normalized spacial score (nSPS) is 19.3. The molecule has 0 spiro atoms. The van der Waals surface area contributed by atoms with Crippen molar-refractivity contribution in [3.63, 3.8) is 0 Å². The number of hydrogen-bond acceptors (Lipinski definition) is 6. The van der Waals surface area contributed by atoms with Crippen molar-refractivity contribution in [3.05, 3.63) is 53.0 Å². The predicted molar refractivity (Wildman–Crippen MR) is 135 cm³/mol. The number of rotatable bonds is 6. The zero-order valence-electron chi connectivity index (χ0n) is 19.8. The summed E-state index contributed by atoms with van der Waals surface area (Å²) in [5.41, 5.74) is 14.4. The topological polar surface area (TPSA) is 134 Å². The first-order valence-electron chi connectivity index (χ1n) is 11.6. The number of ether oxygens (including phenoxy) is 1. The molecule has 1 aromatic carbocycles. The molecule has 2 fully saturated rings. The van der Waals surface area contributed by atoms with Gasteiger partial charge in [-0.2, -0.15) is 5.10 Å². The smallest absolute Gasteiger partial charge is 0.255 e. The number of aromatic nitrogens is 4. The van der Waals surface area contributed by atoms with Gasteiger partial charge < -0.3 is 25.7 Å². The van der Waals surface area contributed by atoms with Crippen molar-refractivity contribution < 1.29 is 14.3 Å². The molecule has 1 aliphatic carbocycles. The van der Waals surface area contributed by atoms with E-state index < -0.39 is 5.91 Å². The number of amides is 2. The third kappa shape index (κ3) is 4.21. The molecule has 11 heteroatoms. The molecule has 1 aliphatic heterocycles. The number of imidazole rings is 1. The third-order valence-corrected chi connectivity index (χ3v) is 6.98. The Balaban J connectivity index is 1.49. The Bertz CT molecular complexity index is 1440. The molecule has 186 valence electrons. The maximum absolute atomic E-state index is 12.3. The lowest BCUT2D eigenvalue weighted by molar-refractivity contribution is -0.127. The quantitative estimate of drug-likeness (QED) is 0.388. The highest BCUT2D eigenvalue weighted by Crippen LogP contribution is 2.38. The van der Waals surface area contributed by atoms with Gasteiger partial charge in [-0.25, -0.2) is 9.67 Å². The van der Waals surface area contributed by atoms with Crippen LogP contribution in [-0.2, 0) is 9.53 Å². The summed E-state index contributed by atoms with van der Waals surface area (Å²) in [6, 6.07) is 3.69. The lowest BCUT2D eigenvalue weighted by atomic mass is 10.1. The van der Waals surface area contributed by atoms with E-state index in [-0.39, 0.29) is 35.1 Å². The van der Waals surface area contributed by atoms with Gasteiger partial charge in [0.15, 0.2) is 5.69 Å². The predicted octanol–water partition coefficient (Wildman–Crippen LogP) is 2.28. The van der Waals surface area contributed by atoms with Crippen LogP contribution in [0.2, 0.25) is 5.02 Å². The number of carbonyl (C=O) groups excluding carboxylic acids is 2. The van der Waals surface area contributed by atoms with Gasteiger partial charge in [0.1, 0.15) is 11.4 Å². The molecule has 4 N–H and O–H groups in total. The SMILES string of the molecule is C=CC(=O)N1C[C@@H](n2nc(C#Cc3cc4ncn(C5CC5)c4cc3Cl)c(C(N)=O)c2N)C[C@@H]1COC. The first-order chi connectivity index (χ1) is 17.3. The van der Waals surface area contributed by atoms with Gasteiger partial charge in [-0.1, -0.05) is 24.1 Å². The molecule has 10 nitrogen and oxygen atoms in total. The van der Waals surface area contributed by atoms with Crippen molar-refractivity contribution in [2.75, 3.05) is 26.0 Å². The second-order valence-electron chi connectivity index (χ2n) is 9.06. The van der Waals surface area contributed by atoms with Crippen LogP contribution < -0.4 is 11.5 Å². The molecule has 5 rings (SSSR count). The molecular weight excluding hydrogens is 482 g/mol. The van der Waals surface area contributed by atoms with E-state index >= 15 is 0 Å². The number of fused-ring (bicyclic) bond motifs is 1. The number of hydrogen-bond donors (Lipinski definition) is 2. The van der Waals surface area contributed by atoms with Crippen LogP contribution in [0.3, 0.4) is 0 Å². The van der Waals surface area contributed by atoms with Crippen molar-refractivity contribution >= 4 is 40.3 Å². The number of anilines is 1. The minimum absolute atomic E-state index is 0.0366. The summed E-state index contributed by atoms with van der Waals surface area (Å²) >= 11 is 6.53. The van der Waals surface area contributed by atoms with Crippen LogP contribution in [-0.4, -0.2) is 62.3 Å². The zero-order chi connectivity index (χ0) is 25.6. The second kappa shape index (κ2) is 9.33. The molecule has 2 atom stereocenters. The Kier molecular flexibility index (Phi) is 6.20. The number of nitrogen functional groups attached to an aromatic ring is 1. The molecule has 2 aromatic heterocycles. The van der Waals surface area contributed by atoms with E-state index in [1.165, 1.54) is 10.8 Å². The minimum atomic E-state index is -0.738. The molecule has 3 aromatic rings. The minimum Gasteiger partial charge on any atom is -0.383 e. The fourth-order valence-electron chi connectivity index (χ4n) is 4.78. The van der Waals surface area contributed by atoms with E-state index in [4.69, 9.17) is 27.8 Å². The average molecular weight is 508 g/mol. The van der Waals surface area contributed by atoms with Crippen LogP contribution in [0, 0.1) is 11.8 Å². The van der Waals surface area contributed by atoms with Crippen LogP contribution in [0.15, 0.2) is 31.1 Å². The van der Waals surface area contributed by atoms with Gasteiger partial charge in [-0.05, 0) is 43.4 Å². The van der Waals surface area contributed by atoms with Crippen LogP contribution >= 0.6 is 11.6 Å². The van der Waals surface area contributed by atoms with Gasteiger partial charge in [0.25, 0.3) is 5.91 Å². The zero-order valence-corrected chi connectivity index (χ0v) is 20.5. The van der Waals surface area contributed by atoms with Crippen molar-refractivity contribution in [3.8, 4) is 11.8 Å². The van der Waals surface area contributed by atoms with E-state index in [1.807, 2.05) is 18.5 Å². The summed E-state index contributed by atoms with van der Waals surface area (Å²) in [7, 11) is 1.57.